The van der Waals surface area contributed by atoms with Crippen LogP contribution in [0.15, 0.2) is 36.4 Å². The SMILES string of the molecule is O=C(I)c1cccc2c(C(=O)I)cccc12. The fourth-order valence-electron chi connectivity index (χ4n) is 1.65. The van der Waals surface area contributed by atoms with Crippen molar-refractivity contribution in [2.45, 2.75) is 0 Å². The van der Waals surface area contributed by atoms with E-state index in [0.29, 0.717) is 11.1 Å². The van der Waals surface area contributed by atoms with E-state index in [1.54, 1.807) is 69.4 Å². The molecule has 0 aliphatic rings. The minimum absolute atomic E-state index is 0.0127. The molecule has 0 fully saturated rings. The van der Waals surface area contributed by atoms with Crippen molar-refractivity contribution in [3.05, 3.63) is 47.5 Å². The Hall–Kier alpha value is -0.500. The number of hydrogen-bond acceptors (Lipinski definition) is 2. The molecule has 0 saturated carbocycles. The number of halogens is 2. The third kappa shape index (κ3) is 2.13. The number of benzene rings is 2. The molecule has 0 aromatic heterocycles. The van der Waals surface area contributed by atoms with Gasteiger partial charge in [-0.1, -0.05) is 24.3 Å². The van der Waals surface area contributed by atoms with Crippen LogP contribution in [0.25, 0.3) is 10.8 Å². The van der Waals surface area contributed by atoms with Crippen LogP contribution < -0.4 is 0 Å². The lowest BCUT2D eigenvalue weighted by molar-refractivity contribution is 0.109. The second-order valence-corrected chi connectivity index (χ2v) is 5.21. The Labute approximate surface area is 120 Å². The molecule has 0 aliphatic carbocycles. The molecule has 0 aliphatic heterocycles. The van der Waals surface area contributed by atoms with Gasteiger partial charge in [0, 0.05) is 56.3 Å². The molecule has 2 rings (SSSR count). The van der Waals surface area contributed by atoms with Gasteiger partial charge in [0.2, 0.25) is 7.58 Å². The molecule has 0 heterocycles. The number of carbonyl (C=O) groups excluding carboxylic acids is 2. The summed E-state index contributed by atoms with van der Waals surface area (Å²) in [5, 5.41) is 1.67. The van der Waals surface area contributed by atoms with Gasteiger partial charge in [-0.05, 0) is 22.9 Å². The van der Waals surface area contributed by atoms with Crippen LogP contribution in [0.4, 0.5) is 0 Å². The van der Waals surface area contributed by atoms with Crippen molar-refractivity contribution in [3.8, 4) is 0 Å². The highest BCUT2D eigenvalue weighted by Crippen LogP contribution is 2.25. The van der Waals surface area contributed by atoms with Crippen LogP contribution in [-0.2, 0) is 0 Å². The van der Waals surface area contributed by atoms with Crippen LogP contribution in [-0.4, -0.2) is 7.58 Å². The van der Waals surface area contributed by atoms with Crippen molar-refractivity contribution in [2.24, 2.45) is 0 Å². The topological polar surface area (TPSA) is 34.1 Å². The highest BCUT2D eigenvalue weighted by Gasteiger charge is 2.11. The third-order valence-corrected chi connectivity index (χ3v) is 3.51. The summed E-state index contributed by atoms with van der Waals surface area (Å²) in [7, 11) is 0. The second kappa shape index (κ2) is 4.79. The zero-order valence-corrected chi connectivity index (χ0v) is 12.4. The molecule has 2 aromatic rings. The minimum atomic E-state index is -0.0127. The van der Waals surface area contributed by atoms with Crippen LogP contribution in [0.3, 0.4) is 0 Å². The van der Waals surface area contributed by atoms with Crippen LogP contribution in [0.2, 0.25) is 0 Å². The first-order chi connectivity index (χ1) is 7.61. The summed E-state index contributed by atoms with van der Waals surface area (Å²) in [6, 6.07) is 10.9. The summed E-state index contributed by atoms with van der Waals surface area (Å²) in [5.41, 5.74) is 1.30. The van der Waals surface area contributed by atoms with Gasteiger partial charge in [0.1, 0.15) is 0 Å². The Balaban J connectivity index is 2.86. The minimum Gasteiger partial charge on any atom is -0.282 e. The Morgan fingerprint density at radius 2 is 1.12 bits per heavy atom. The fraction of sp³-hybridized carbons (Fsp3) is 0. The van der Waals surface area contributed by atoms with E-state index in [-0.39, 0.29) is 7.58 Å². The molecule has 0 saturated heterocycles. The van der Waals surface area contributed by atoms with Gasteiger partial charge in [0.25, 0.3) is 0 Å². The highest BCUT2D eigenvalue weighted by atomic mass is 127. The highest BCUT2D eigenvalue weighted by molar-refractivity contribution is 14.1. The molecule has 0 spiro atoms. The maximum Gasteiger partial charge on any atom is 0.223 e. The molecule has 0 N–H and O–H groups in total. The first-order valence-electron chi connectivity index (χ1n) is 4.52. The molecule has 2 nitrogen and oxygen atoms in total. The smallest absolute Gasteiger partial charge is 0.223 e. The monoisotopic (exact) mass is 436 g/mol. The predicted octanol–water partition coefficient (Wildman–Crippen LogP) is 3.99. The molecule has 0 atom stereocenters. The van der Waals surface area contributed by atoms with E-state index in [0.717, 1.165) is 10.8 Å². The molecule has 0 unspecified atom stereocenters. The zero-order valence-electron chi connectivity index (χ0n) is 8.04. The van der Waals surface area contributed by atoms with E-state index >= 15 is 0 Å². The zero-order chi connectivity index (χ0) is 11.7. The van der Waals surface area contributed by atoms with Crippen molar-refractivity contribution >= 4 is 63.5 Å². The first kappa shape index (κ1) is 12.0. The largest absolute Gasteiger partial charge is 0.282 e. The lowest BCUT2D eigenvalue weighted by atomic mass is 10.0. The molecule has 2 aromatic carbocycles. The molecule has 0 radical (unpaired) electrons. The van der Waals surface area contributed by atoms with Crippen LogP contribution in [0.5, 0.6) is 0 Å². The van der Waals surface area contributed by atoms with Crippen molar-refractivity contribution < 1.29 is 9.59 Å². The van der Waals surface area contributed by atoms with E-state index in [4.69, 9.17) is 0 Å². The van der Waals surface area contributed by atoms with Gasteiger partial charge in [-0.3, -0.25) is 9.59 Å². The summed E-state index contributed by atoms with van der Waals surface area (Å²) in [4.78, 5) is 22.9. The van der Waals surface area contributed by atoms with Crippen molar-refractivity contribution in [2.75, 3.05) is 0 Å². The van der Waals surface area contributed by atoms with Crippen molar-refractivity contribution in [1.82, 2.24) is 0 Å². The quantitative estimate of drug-likeness (QED) is 0.528. The van der Waals surface area contributed by atoms with E-state index in [1.165, 1.54) is 0 Å². The maximum atomic E-state index is 11.4. The number of hydrogen-bond donors (Lipinski definition) is 0. The van der Waals surface area contributed by atoms with Crippen LogP contribution in [0.1, 0.15) is 20.7 Å². The van der Waals surface area contributed by atoms with Gasteiger partial charge in [0.15, 0.2) is 0 Å². The average molecular weight is 436 g/mol. The van der Waals surface area contributed by atoms with E-state index in [9.17, 15) is 9.59 Å². The van der Waals surface area contributed by atoms with E-state index < -0.39 is 0 Å². The summed E-state index contributed by atoms with van der Waals surface area (Å²) in [6.45, 7) is 0. The van der Waals surface area contributed by atoms with Gasteiger partial charge in [-0.2, -0.15) is 0 Å². The number of fused-ring (bicyclic) bond motifs is 1. The Morgan fingerprint density at radius 1 is 0.750 bits per heavy atom. The second-order valence-electron chi connectivity index (χ2n) is 3.25. The summed E-state index contributed by atoms with van der Waals surface area (Å²) >= 11 is 3.52. The van der Waals surface area contributed by atoms with E-state index in [2.05, 4.69) is 0 Å². The standard InChI is InChI=1S/C12H6I2O2/c13-11(15)9-5-1-3-7-8(9)4-2-6-10(7)12(14)16/h1-6H. The van der Waals surface area contributed by atoms with Crippen molar-refractivity contribution in [1.29, 1.82) is 0 Å². The molecular weight excluding hydrogens is 430 g/mol. The van der Waals surface area contributed by atoms with Gasteiger partial charge in [-0.15, -0.1) is 0 Å². The fourth-order valence-corrected chi connectivity index (χ4v) is 2.59. The maximum absolute atomic E-state index is 11.4. The molecule has 0 amide bonds. The summed E-state index contributed by atoms with van der Waals surface area (Å²) < 4.78 is -0.0254. The van der Waals surface area contributed by atoms with Crippen LogP contribution in [0, 0.1) is 0 Å². The summed E-state index contributed by atoms with van der Waals surface area (Å²) in [5.74, 6) is 0. The molecule has 80 valence electrons. The molecule has 16 heavy (non-hydrogen) atoms. The lowest BCUT2D eigenvalue weighted by Gasteiger charge is -2.05. The lowest BCUT2D eigenvalue weighted by Crippen LogP contribution is -1.94. The van der Waals surface area contributed by atoms with Gasteiger partial charge < -0.3 is 0 Å². The van der Waals surface area contributed by atoms with Crippen LogP contribution >= 0.6 is 45.2 Å². The number of carbonyl (C=O) groups is 2. The van der Waals surface area contributed by atoms with Gasteiger partial charge in [0.05, 0.1) is 0 Å². The Kier molecular flexibility index (Phi) is 3.58. The number of rotatable bonds is 2. The molecular formula is C12H6I2O2. The predicted molar refractivity (Wildman–Crippen MR) is 80.6 cm³/mol. The summed E-state index contributed by atoms with van der Waals surface area (Å²) in [6.07, 6.45) is 0. The normalized spacial score (nSPS) is 10.4. The molecule has 4 heteroatoms. The van der Waals surface area contributed by atoms with E-state index in [1.807, 2.05) is 12.1 Å². The Morgan fingerprint density at radius 3 is 1.44 bits per heavy atom. The van der Waals surface area contributed by atoms with Crippen molar-refractivity contribution in [3.63, 3.8) is 0 Å². The third-order valence-electron chi connectivity index (χ3n) is 2.35. The Bertz CT molecular complexity index is 537. The van der Waals surface area contributed by atoms with Gasteiger partial charge >= 0.3 is 0 Å². The van der Waals surface area contributed by atoms with Gasteiger partial charge in [-0.25, -0.2) is 0 Å². The first-order valence-corrected chi connectivity index (χ1v) is 6.68. The molecule has 0 bridgehead atoms. The average Bonchev–Trinajstić information content (AvgIpc) is 2.27.